The van der Waals surface area contributed by atoms with Crippen LogP contribution in [0, 0.1) is 5.92 Å². The van der Waals surface area contributed by atoms with Crippen LogP contribution in [0.5, 0.6) is 0 Å². The van der Waals surface area contributed by atoms with Crippen LogP contribution in [0.15, 0.2) is 0 Å². The summed E-state index contributed by atoms with van der Waals surface area (Å²) in [4.78, 5) is 0. The summed E-state index contributed by atoms with van der Waals surface area (Å²) >= 11 is 4.60. The van der Waals surface area contributed by atoms with E-state index in [0.717, 1.165) is 5.92 Å². The van der Waals surface area contributed by atoms with E-state index >= 15 is 0 Å². The van der Waals surface area contributed by atoms with Gasteiger partial charge in [-0.15, -0.1) is 0 Å². The highest BCUT2D eigenvalue weighted by molar-refractivity contribution is 7.81. The predicted molar refractivity (Wildman–Crippen MR) is 49.6 cm³/mol. The third-order valence-corrected chi connectivity index (χ3v) is 3.21. The zero-order valence-corrected chi connectivity index (χ0v) is 7.95. The first-order valence-corrected chi connectivity index (χ1v) is 4.81. The molecular formula is C9H18S. The molecule has 1 fully saturated rings. The molecule has 1 aliphatic carbocycles. The van der Waals surface area contributed by atoms with Crippen molar-refractivity contribution >= 4 is 12.6 Å². The van der Waals surface area contributed by atoms with Crippen molar-refractivity contribution in [3.8, 4) is 0 Å². The molecule has 0 aliphatic heterocycles. The summed E-state index contributed by atoms with van der Waals surface area (Å²) in [6.45, 7) is 4.56. The van der Waals surface area contributed by atoms with Crippen molar-refractivity contribution in [2.75, 3.05) is 0 Å². The largest absolute Gasteiger partial charge is 0.173 e. The zero-order valence-electron chi connectivity index (χ0n) is 7.06. The second-order valence-electron chi connectivity index (χ2n) is 3.85. The first kappa shape index (κ1) is 8.45. The number of thiol groups is 1. The fourth-order valence-electron chi connectivity index (χ4n) is 1.71. The Labute approximate surface area is 69.8 Å². The molecule has 60 valence electrons. The van der Waals surface area contributed by atoms with Crippen LogP contribution in [0.25, 0.3) is 0 Å². The first-order chi connectivity index (χ1) is 4.64. The molecule has 0 saturated heterocycles. The molecule has 0 N–H and O–H groups in total. The Morgan fingerprint density at radius 3 is 2.30 bits per heavy atom. The second-order valence-corrected chi connectivity index (χ2v) is 4.93. The Kier molecular flexibility index (Phi) is 2.67. The molecule has 10 heavy (non-hydrogen) atoms. The molecule has 0 aromatic rings. The molecule has 0 spiro atoms. The van der Waals surface area contributed by atoms with E-state index in [0.29, 0.717) is 4.75 Å². The summed E-state index contributed by atoms with van der Waals surface area (Å²) in [5, 5.41) is 0. The van der Waals surface area contributed by atoms with Gasteiger partial charge in [0, 0.05) is 4.75 Å². The van der Waals surface area contributed by atoms with Crippen molar-refractivity contribution < 1.29 is 0 Å². The van der Waals surface area contributed by atoms with Gasteiger partial charge in [-0.3, -0.25) is 0 Å². The molecule has 0 unspecified atom stereocenters. The third kappa shape index (κ3) is 2.19. The van der Waals surface area contributed by atoms with E-state index in [4.69, 9.17) is 0 Å². The van der Waals surface area contributed by atoms with Crippen molar-refractivity contribution in [3.05, 3.63) is 0 Å². The molecule has 0 radical (unpaired) electrons. The van der Waals surface area contributed by atoms with E-state index in [9.17, 15) is 0 Å². The van der Waals surface area contributed by atoms with E-state index in [-0.39, 0.29) is 0 Å². The molecule has 0 atom stereocenters. The first-order valence-electron chi connectivity index (χ1n) is 4.36. The molecule has 0 aromatic carbocycles. The summed E-state index contributed by atoms with van der Waals surface area (Å²) in [5.41, 5.74) is 0. The van der Waals surface area contributed by atoms with Crippen LogP contribution < -0.4 is 0 Å². The molecule has 0 bridgehead atoms. The summed E-state index contributed by atoms with van der Waals surface area (Å²) in [6, 6.07) is 0. The Balaban J connectivity index is 2.31. The lowest BCUT2D eigenvalue weighted by Crippen LogP contribution is -2.24. The van der Waals surface area contributed by atoms with Gasteiger partial charge in [-0.1, -0.05) is 20.3 Å². The molecule has 0 nitrogen and oxygen atoms in total. The van der Waals surface area contributed by atoms with Crippen LogP contribution in [-0.4, -0.2) is 4.75 Å². The van der Waals surface area contributed by atoms with Crippen LogP contribution in [0.1, 0.15) is 46.0 Å². The standard InChI is InChI=1S/C9H18S/c1-3-8-4-6-9(2,10)7-5-8/h8,10H,3-7H2,1-2H3. The average Bonchev–Trinajstić information content (AvgIpc) is 1.88. The van der Waals surface area contributed by atoms with Gasteiger partial charge in [0.25, 0.3) is 0 Å². The smallest absolute Gasteiger partial charge is 0.0102 e. The molecule has 1 rings (SSSR count). The van der Waals surface area contributed by atoms with Crippen LogP contribution in [0.3, 0.4) is 0 Å². The van der Waals surface area contributed by atoms with E-state index in [1.165, 1.54) is 32.1 Å². The predicted octanol–water partition coefficient (Wildman–Crippen LogP) is 3.28. The number of rotatable bonds is 1. The summed E-state index contributed by atoms with van der Waals surface area (Å²) < 4.78 is 0.353. The van der Waals surface area contributed by atoms with Crippen molar-refractivity contribution in [1.82, 2.24) is 0 Å². The minimum Gasteiger partial charge on any atom is -0.173 e. The van der Waals surface area contributed by atoms with Crippen molar-refractivity contribution in [1.29, 1.82) is 0 Å². The molecule has 0 aromatic heterocycles. The van der Waals surface area contributed by atoms with Gasteiger partial charge in [0.05, 0.1) is 0 Å². The van der Waals surface area contributed by atoms with Gasteiger partial charge in [0.2, 0.25) is 0 Å². The van der Waals surface area contributed by atoms with E-state index in [1.807, 2.05) is 0 Å². The van der Waals surface area contributed by atoms with Crippen molar-refractivity contribution in [3.63, 3.8) is 0 Å². The maximum Gasteiger partial charge on any atom is 0.0102 e. The molecule has 1 saturated carbocycles. The van der Waals surface area contributed by atoms with Crippen LogP contribution in [0.4, 0.5) is 0 Å². The monoisotopic (exact) mass is 158 g/mol. The van der Waals surface area contributed by atoms with Gasteiger partial charge in [0.15, 0.2) is 0 Å². The SMILES string of the molecule is CCC1CCC(C)(S)CC1. The van der Waals surface area contributed by atoms with Gasteiger partial charge < -0.3 is 0 Å². The molecular weight excluding hydrogens is 140 g/mol. The van der Waals surface area contributed by atoms with Crippen molar-refractivity contribution in [2.24, 2.45) is 5.92 Å². The third-order valence-electron chi connectivity index (χ3n) is 2.76. The molecule has 0 amide bonds. The number of hydrogen-bond donors (Lipinski definition) is 1. The van der Waals surface area contributed by atoms with E-state index < -0.39 is 0 Å². The van der Waals surface area contributed by atoms with Gasteiger partial charge in [0.1, 0.15) is 0 Å². The Morgan fingerprint density at radius 1 is 1.40 bits per heavy atom. The van der Waals surface area contributed by atoms with Crippen LogP contribution >= 0.6 is 12.6 Å². The van der Waals surface area contributed by atoms with Gasteiger partial charge >= 0.3 is 0 Å². The van der Waals surface area contributed by atoms with Crippen LogP contribution in [0.2, 0.25) is 0 Å². The second kappa shape index (κ2) is 3.17. The van der Waals surface area contributed by atoms with Crippen LogP contribution in [-0.2, 0) is 0 Å². The molecule has 0 heterocycles. The highest BCUT2D eigenvalue weighted by Gasteiger charge is 2.26. The minimum atomic E-state index is 0.353. The maximum atomic E-state index is 4.60. The Hall–Kier alpha value is 0.350. The van der Waals surface area contributed by atoms with Gasteiger partial charge in [-0.25, -0.2) is 0 Å². The fraction of sp³-hybridized carbons (Fsp3) is 1.00. The topological polar surface area (TPSA) is 0 Å². The fourth-order valence-corrected chi connectivity index (χ4v) is 1.97. The van der Waals surface area contributed by atoms with Gasteiger partial charge in [-0.2, -0.15) is 12.6 Å². The highest BCUT2D eigenvalue weighted by Crippen LogP contribution is 2.37. The zero-order chi connectivity index (χ0) is 7.61. The van der Waals surface area contributed by atoms with Gasteiger partial charge in [-0.05, 0) is 31.6 Å². The van der Waals surface area contributed by atoms with E-state index in [2.05, 4.69) is 26.5 Å². The Morgan fingerprint density at radius 2 is 1.90 bits per heavy atom. The lowest BCUT2D eigenvalue weighted by Gasteiger charge is -2.32. The average molecular weight is 158 g/mol. The summed E-state index contributed by atoms with van der Waals surface area (Å²) in [5.74, 6) is 1.00. The maximum absolute atomic E-state index is 4.60. The summed E-state index contributed by atoms with van der Waals surface area (Å²) in [7, 11) is 0. The minimum absolute atomic E-state index is 0.353. The van der Waals surface area contributed by atoms with Crippen molar-refractivity contribution in [2.45, 2.75) is 50.7 Å². The lowest BCUT2D eigenvalue weighted by atomic mass is 9.81. The Bertz CT molecular complexity index is 97.3. The van der Waals surface area contributed by atoms with E-state index in [1.54, 1.807) is 0 Å². The quantitative estimate of drug-likeness (QED) is 0.556. The molecule has 1 aliphatic rings. The normalized spacial score (nSPS) is 41.7. The summed E-state index contributed by atoms with van der Waals surface area (Å²) in [6.07, 6.45) is 6.79. The number of hydrogen-bond acceptors (Lipinski definition) is 1. The molecule has 1 heteroatoms. The lowest BCUT2D eigenvalue weighted by molar-refractivity contribution is 0.309. The highest BCUT2D eigenvalue weighted by atomic mass is 32.1.